The molecular weight excluding hydrogens is 403 g/mol. The number of amides is 2. The van der Waals surface area contributed by atoms with Crippen LogP contribution >= 0.6 is 0 Å². The van der Waals surface area contributed by atoms with Gasteiger partial charge in [-0.05, 0) is 17.4 Å². The number of hydrogen-bond acceptors (Lipinski definition) is 5. The summed E-state index contributed by atoms with van der Waals surface area (Å²) in [5, 5.41) is 15.2. The lowest BCUT2D eigenvalue weighted by molar-refractivity contribution is -0.131. The second-order valence-electron chi connectivity index (χ2n) is 8.62. The van der Waals surface area contributed by atoms with Gasteiger partial charge < -0.3 is 15.4 Å². The molecule has 1 atom stereocenters. The summed E-state index contributed by atoms with van der Waals surface area (Å²) in [4.78, 5) is 30.2. The van der Waals surface area contributed by atoms with Crippen LogP contribution in [0.2, 0.25) is 5.31 Å². The van der Waals surface area contributed by atoms with E-state index in [-0.39, 0.29) is 5.31 Å². The average Bonchev–Trinajstić information content (AvgIpc) is 3.04. The fourth-order valence-electron chi connectivity index (χ4n) is 3.33. The molecular formula is C21H23BF2N5O2. The number of nitrogens with one attached hydrogen (secondary N) is 2. The number of para-hydroxylation sites is 1. The SMILES string of the molecule is CC(C)(C)[B]Nc1cccc2c(C(=O)NCC(=O)N3CC(F)(F)C[C@H]3C#N)ccnc12. The lowest BCUT2D eigenvalue weighted by Crippen LogP contribution is -2.43. The van der Waals surface area contributed by atoms with Gasteiger partial charge in [-0.15, -0.1) is 0 Å². The van der Waals surface area contributed by atoms with Crippen molar-refractivity contribution in [3.8, 4) is 6.07 Å². The Kier molecular flexibility index (Phi) is 6.16. The van der Waals surface area contributed by atoms with E-state index in [1.807, 2.05) is 34.3 Å². The minimum Gasteiger partial charge on any atom is -0.430 e. The van der Waals surface area contributed by atoms with E-state index in [1.54, 1.807) is 18.2 Å². The van der Waals surface area contributed by atoms with Crippen molar-refractivity contribution in [3.05, 3.63) is 36.0 Å². The smallest absolute Gasteiger partial charge is 0.268 e. The number of likely N-dealkylation sites (tertiary alicyclic amines) is 1. The molecule has 0 aliphatic carbocycles. The van der Waals surface area contributed by atoms with Crippen molar-refractivity contribution in [1.29, 1.82) is 5.26 Å². The van der Waals surface area contributed by atoms with Crippen LogP contribution in [0.3, 0.4) is 0 Å². The molecule has 1 aliphatic heterocycles. The molecule has 10 heteroatoms. The normalized spacial score (nSPS) is 17.8. The first-order chi connectivity index (χ1) is 14.5. The summed E-state index contributed by atoms with van der Waals surface area (Å²) in [6, 6.07) is 7.42. The number of aromatic nitrogens is 1. The molecule has 1 radical (unpaired) electrons. The highest BCUT2D eigenvalue weighted by atomic mass is 19.3. The Morgan fingerprint density at radius 1 is 1.35 bits per heavy atom. The summed E-state index contributed by atoms with van der Waals surface area (Å²) < 4.78 is 27.1. The molecule has 1 aliphatic rings. The Morgan fingerprint density at radius 2 is 2.10 bits per heavy atom. The van der Waals surface area contributed by atoms with E-state index >= 15 is 0 Å². The monoisotopic (exact) mass is 426 g/mol. The molecule has 2 N–H and O–H groups in total. The van der Waals surface area contributed by atoms with Crippen LogP contribution < -0.4 is 10.5 Å². The van der Waals surface area contributed by atoms with Crippen molar-refractivity contribution in [3.63, 3.8) is 0 Å². The van der Waals surface area contributed by atoms with E-state index in [0.29, 0.717) is 16.5 Å². The van der Waals surface area contributed by atoms with E-state index in [2.05, 4.69) is 15.5 Å². The molecule has 2 aromatic rings. The van der Waals surface area contributed by atoms with Gasteiger partial charge in [0.1, 0.15) is 6.04 Å². The van der Waals surface area contributed by atoms with Crippen LogP contribution in [-0.4, -0.2) is 54.2 Å². The maximum Gasteiger partial charge on any atom is 0.268 e. The van der Waals surface area contributed by atoms with E-state index < -0.39 is 43.3 Å². The number of halogens is 2. The van der Waals surface area contributed by atoms with Crippen LogP contribution in [-0.2, 0) is 4.79 Å². The number of benzene rings is 1. The maximum absolute atomic E-state index is 13.6. The molecule has 7 nitrogen and oxygen atoms in total. The van der Waals surface area contributed by atoms with Gasteiger partial charge in [0, 0.05) is 23.7 Å². The van der Waals surface area contributed by atoms with E-state index in [9.17, 15) is 18.4 Å². The van der Waals surface area contributed by atoms with Gasteiger partial charge >= 0.3 is 0 Å². The number of nitrogens with zero attached hydrogens (tertiary/aromatic N) is 3. The summed E-state index contributed by atoms with van der Waals surface area (Å²) in [5.74, 6) is -4.36. The van der Waals surface area contributed by atoms with Crippen LogP contribution in [0.5, 0.6) is 0 Å². The molecule has 0 saturated carbocycles. The van der Waals surface area contributed by atoms with Gasteiger partial charge in [-0.3, -0.25) is 14.6 Å². The van der Waals surface area contributed by atoms with Crippen molar-refractivity contribution in [2.24, 2.45) is 0 Å². The third-order valence-corrected chi connectivity index (χ3v) is 4.82. The van der Waals surface area contributed by atoms with Gasteiger partial charge in [-0.2, -0.15) is 5.26 Å². The number of fused-ring (bicyclic) bond motifs is 1. The van der Waals surface area contributed by atoms with E-state index in [4.69, 9.17) is 5.26 Å². The highest BCUT2D eigenvalue weighted by Gasteiger charge is 2.47. The van der Waals surface area contributed by atoms with Crippen molar-refractivity contribution in [2.45, 2.75) is 44.5 Å². The number of rotatable bonds is 5. The predicted molar refractivity (Wildman–Crippen MR) is 114 cm³/mol. The molecule has 2 amide bonds. The van der Waals surface area contributed by atoms with Crippen LogP contribution in [0.4, 0.5) is 14.5 Å². The standard InChI is InChI=1S/C21H23BF2N5O2/c1-20(2,3)22-28-16-6-4-5-14-15(7-8-26-18(14)16)19(31)27-11-17(30)29-12-21(23,24)9-13(29)10-25/h4-8,13,28H,9,11-12H2,1-3H3,(H,27,31)/t13-/m0/s1. The summed E-state index contributed by atoms with van der Waals surface area (Å²) in [7, 11) is 1.92. The summed E-state index contributed by atoms with van der Waals surface area (Å²) in [6.07, 6.45) is 0.799. The topological polar surface area (TPSA) is 98.1 Å². The van der Waals surface area contributed by atoms with Gasteiger partial charge in [0.15, 0.2) is 0 Å². The fraction of sp³-hybridized carbons (Fsp3) is 0.429. The number of anilines is 1. The molecule has 0 bridgehead atoms. The molecule has 2 heterocycles. The van der Waals surface area contributed by atoms with Gasteiger partial charge in [-0.1, -0.05) is 32.9 Å². The molecule has 1 fully saturated rings. The minimum atomic E-state index is -3.10. The average molecular weight is 426 g/mol. The first kappa shape index (κ1) is 22.5. The minimum absolute atomic E-state index is 0.0782. The number of pyridine rings is 1. The number of carbonyl (C=O) groups is 2. The quantitative estimate of drug-likeness (QED) is 0.717. The third kappa shape index (κ3) is 5.29. The van der Waals surface area contributed by atoms with Crippen LogP contribution in [0.25, 0.3) is 10.9 Å². The maximum atomic E-state index is 13.6. The van der Waals surface area contributed by atoms with Gasteiger partial charge in [0.25, 0.3) is 11.8 Å². The largest absolute Gasteiger partial charge is 0.430 e. The Bertz CT molecular complexity index is 1050. The zero-order chi connectivity index (χ0) is 22.8. The van der Waals surface area contributed by atoms with Gasteiger partial charge in [0.2, 0.25) is 13.3 Å². The number of hydrogen-bond donors (Lipinski definition) is 2. The van der Waals surface area contributed by atoms with Gasteiger partial charge in [0.05, 0.1) is 30.2 Å². The van der Waals surface area contributed by atoms with E-state index in [1.165, 1.54) is 12.3 Å². The lowest BCUT2D eigenvalue weighted by atomic mass is 9.64. The fourth-order valence-corrected chi connectivity index (χ4v) is 3.33. The highest BCUT2D eigenvalue weighted by Crippen LogP contribution is 2.31. The number of nitriles is 1. The first-order valence-electron chi connectivity index (χ1n) is 9.84. The Hall–Kier alpha value is -3.22. The zero-order valence-electron chi connectivity index (χ0n) is 17.6. The summed E-state index contributed by atoms with van der Waals surface area (Å²) >= 11 is 0. The Balaban J connectivity index is 1.74. The molecule has 31 heavy (non-hydrogen) atoms. The van der Waals surface area contributed by atoms with E-state index in [0.717, 1.165) is 10.6 Å². The predicted octanol–water partition coefficient (Wildman–Crippen LogP) is 2.97. The first-order valence-corrected chi connectivity index (χ1v) is 9.84. The third-order valence-electron chi connectivity index (χ3n) is 4.82. The molecule has 0 unspecified atom stereocenters. The lowest BCUT2D eigenvalue weighted by Gasteiger charge is -2.20. The molecule has 1 saturated heterocycles. The highest BCUT2D eigenvalue weighted by molar-refractivity contribution is 6.44. The van der Waals surface area contributed by atoms with Crippen molar-refractivity contribution in [2.75, 3.05) is 18.3 Å². The molecule has 1 aromatic heterocycles. The van der Waals surface area contributed by atoms with Crippen molar-refractivity contribution in [1.82, 2.24) is 15.2 Å². The van der Waals surface area contributed by atoms with Crippen molar-refractivity contribution >= 4 is 35.8 Å². The number of alkyl halides is 2. The molecule has 0 spiro atoms. The molecule has 161 valence electrons. The van der Waals surface area contributed by atoms with Gasteiger partial charge in [-0.25, -0.2) is 8.78 Å². The van der Waals surface area contributed by atoms with Crippen LogP contribution in [0.15, 0.2) is 30.5 Å². The summed E-state index contributed by atoms with van der Waals surface area (Å²) in [6.45, 7) is 4.83. The van der Waals surface area contributed by atoms with Crippen LogP contribution in [0, 0.1) is 11.3 Å². The molecule has 1 aromatic carbocycles. The zero-order valence-corrected chi connectivity index (χ0v) is 17.6. The number of carbonyl (C=O) groups excluding carboxylic acids is 2. The molecule has 3 rings (SSSR count). The second-order valence-corrected chi connectivity index (χ2v) is 8.62. The Labute approximate surface area is 180 Å². The van der Waals surface area contributed by atoms with Crippen molar-refractivity contribution < 1.29 is 18.4 Å². The summed E-state index contributed by atoms with van der Waals surface area (Å²) in [5.41, 5.74) is 1.63. The second kappa shape index (κ2) is 8.50. The van der Waals surface area contributed by atoms with Crippen LogP contribution in [0.1, 0.15) is 37.6 Å². The Morgan fingerprint density at radius 3 is 2.77 bits per heavy atom.